The summed E-state index contributed by atoms with van der Waals surface area (Å²) in [5, 5.41) is 0.768. The van der Waals surface area contributed by atoms with E-state index in [9.17, 15) is 13.2 Å². The van der Waals surface area contributed by atoms with Gasteiger partial charge in [0.05, 0.1) is 28.9 Å². The van der Waals surface area contributed by atoms with Crippen molar-refractivity contribution in [3.8, 4) is 0 Å². The highest BCUT2D eigenvalue weighted by Crippen LogP contribution is 2.49. The van der Waals surface area contributed by atoms with Crippen molar-refractivity contribution in [1.29, 1.82) is 0 Å². The summed E-state index contributed by atoms with van der Waals surface area (Å²) in [6.07, 6.45) is 0. The van der Waals surface area contributed by atoms with Crippen LogP contribution in [0.1, 0.15) is 41.0 Å². The van der Waals surface area contributed by atoms with Crippen molar-refractivity contribution >= 4 is 44.9 Å². The maximum absolute atomic E-state index is 15.0. The smallest absolute Gasteiger partial charge is 0.356 e. The molecule has 37 heavy (non-hydrogen) atoms. The van der Waals surface area contributed by atoms with Crippen molar-refractivity contribution in [2.24, 2.45) is 0 Å². The lowest BCUT2D eigenvalue weighted by Gasteiger charge is -2.21. The van der Waals surface area contributed by atoms with Crippen LogP contribution in [0.3, 0.4) is 0 Å². The van der Waals surface area contributed by atoms with Crippen molar-refractivity contribution in [2.75, 3.05) is 13.2 Å². The van der Waals surface area contributed by atoms with Crippen LogP contribution in [0, 0.1) is 20.8 Å². The SMILES string of the molecule is CCOC(=O)c1c(P(=O)(OCC)c2cc(C)cc(C)c2)c2cc(C)ccc2n1S(=O)(=O)c1ccccc1. The molecule has 1 atom stereocenters. The van der Waals surface area contributed by atoms with E-state index in [0.29, 0.717) is 10.7 Å². The Hall–Kier alpha value is -3.19. The van der Waals surface area contributed by atoms with Crippen molar-refractivity contribution < 1.29 is 27.0 Å². The minimum Gasteiger partial charge on any atom is -0.461 e. The van der Waals surface area contributed by atoms with Gasteiger partial charge in [-0.3, -0.25) is 4.57 Å². The molecule has 0 fully saturated rings. The van der Waals surface area contributed by atoms with Gasteiger partial charge in [-0.25, -0.2) is 17.2 Å². The Morgan fingerprint density at radius 3 is 2.11 bits per heavy atom. The van der Waals surface area contributed by atoms with Gasteiger partial charge in [0.25, 0.3) is 17.4 Å². The number of carbonyl (C=O) groups excluding carboxylic acids is 1. The lowest BCUT2D eigenvalue weighted by molar-refractivity contribution is 0.0520. The third-order valence-electron chi connectivity index (χ3n) is 5.96. The van der Waals surface area contributed by atoms with Crippen LogP contribution in [0.15, 0.2) is 71.6 Å². The average Bonchev–Trinajstić information content (AvgIpc) is 3.20. The lowest BCUT2D eigenvalue weighted by Crippen LogP contribution is -2.28. The number of aromatic nitrogens is 1. The summed E-state index contributed by atoms with van der Waals surface area (Å²) < 4.78 is 55.4. The van der Waals surface area contributed by atoms with Crippen molar-refractivity contribution in [3.63, 3.8) is 0 Å². The largest absolute Gasteiger partial charge is 0.461 e. The summed E-state index contributed by atoms with van der Waals surface area (Å²) in [5.41, 5.74) is 2.44. The van der Waals surface area contributed by atoms with E-state index in [-0.39, 0.29) is 34.6 Å². The first-order valence-corrected chi connectivity index (χ1v) is 15.1. The first kappa shape index (κ1) is 26.9. The topological polar surface area (TPSA) is 91.7 Å². The predicted molar refractivity (Wildman–Crippen MR) is 146 cm³/mol. The van der Waals surface area contributed by atoms with Crippen molar-refractivity contribution in [1.82, 2.24) is 3.97 Å². The average molecular weight is 540 g/mol. The number of ether oxygens (including phenoxy) is 1. The van der Waals surface area contributed by atoms with Crippen LogP contribution in [-0.2, 0) is 23.8 Å². The molecule has 0 saturated heterocycles. The molecule has 0 spiro atoms. The number of hydrogen-bond donors (Lipinski definition) is 0. The molecule has 1 aromatic heterocycles. The zero-order valence-electron chi connectivity index (χ0n) is 21.5. The Morgan fingerprint density at radius 2 is 1.51 bits per heavy atom. The zero-order chi connectivity index (χ0) is 27.0. The molecule has 0 N–H and O–H groups in total. The van der Waals surface area contributed by atoms with E-state index in [1.165, 1.54) is 12.1 Å². The first-order chi connectivity index (χ1) is 17.5. The second-order valence-corrected chi connectivity index (χ2v) is 12.9. The Labute approximate surface area is 217 Å². The highest BCUT2D eigenvalue weighted by atomic mass is 32.2. The maximum atomic E-state index is 15.0. The monoisotopic (exact) mass is 539 g/mol. The second kappa shape index (κ2) is 10.3. The zero-order valence-corrected chi connectivity index (χ0v) is 23.2. The number of carbonyl (C=O) groups is 1. The molecule has 0 amide bonds. The molecule has 0 radical (unpaired) electrons. The second-order valence-electron chi connectivity index (χ2n) is 8.84. The fourth-order valence-electron chi connectivity index (χ4n) is 4.56. The third-order valence-corrected chi connectivity index (χ3v) is 10.3. The number of fused-ring (bicyclic) bond motifs is 1. The molecular weight excluding hydrogens is 509 g/mol. The van der Waals surface area contributed by atoms with Crippen LogP contribution in [0.4, 0.5) is 0 Å². The molecule has 1 unspecified atom stereocenters. The number of esters is 1. The molecule has 0 aliphatic rings. The molecule has 9 heteroatoms. The van der Waals surface area contributed by atoms with Gasteiger partial charge in [0.2, 0.25) is 0 Å². The van der Waals surface area contributed by atoms with Gasteiger partial charge in [-0.15, -0.1) is 0 Å². The molecule has 4 rings (SSSR count). The highest BCUT2D eigenvalue weighted by molar-refractivity contribution is 7.90. The van der Waals surface area contributed by atoms with Crippen LogP contribution in [0.25, 0.3) is 10.9 Å². The summed E-state index contributed by atoms with van der Waals surface area (Å²) >= 11 is 0. The maximum Gasteiger partial charge on any atom is 0.356 e. The van der Waals surface area contributed by atoms with Crippen LogP contribution >= 0.6 is 7.37 Å². The van der Waals surface area contributed by atoms with Crippen molar-refractivity contribution in [2.45, 2.75) is 39.5 Å². The van der Waals surface area contributed by atoms with E-state index in [1.807, 2.05) is 26.8 Å². The Morgan fingerprint density at radius 1 is 0.865 bits per heavy atom. The van der Waals surface area contributed by atoms with Crippen LogP contribution < -0.4 is 10.6 Å². The molecule has 0 aliphatic heterocycles. The van der Waals surface area contributed by atoms with Gasteiger partial charge in [0.1, 0.15) is 0 Å². The van der Waals surface area contributed by atoms with Gasteiger partial charge in [0.15, 0.2) is 5.69 Å². The summed E-state index contributed by atoms with van der Waals surface area (Å²) in [6, 6.07) is 18.4. The number of aryl methyl sites for hydroxylation is 3. The third kappa shape index (κ3) is 4.77. The molecule has 0 bridgehead atoms. The van der Waals surface area contributed by atoms with E-state index >= 15 is 4.57 Å². The molecule has 0 aliphatic carbocycles. The number of rotatable bonds is 8. The minimum absolute atomic E-state index is 0.00665. The van der Waals surface area contributed by atoms with Gasteiger partial charge in [-0.1, -0.05) is 47.0 Å². The van der Waals surface area contributed by atoms with Crippen LogP contribution in [0.5, 0.6) is 0 Å². The van der Waals surface area contributed by atoms with Crippen LogP contribution in [0.2, 0.25) is 0 Å². The minimum atomic E-state index is -4.29. The fraction of sp³-hybridized carbons (Fsp3) is 0.250. The number of nitrogens with zero attached hydrogens (tertiary/aromatic N) is 1. The van der Waals surface area contributed by atoms with Gasteiger partial charge in [-0.2, -0.15) is 0 Å². The fourth-order valence-corrected chi connectivity index (χ4v) is 8.77. The van der Waals surface area contributed by atoms with E-state index in [0.717, 1.165) is 20.7 Å². The van der Waals surface area contributed by atoms with E-state index in [4.69, 9.17) is 9.26 Å². The summed E-state index contributed by atoms with van der Waals surface area (Å²) in [4.78, 5) is 13.5. The normalized spacial score (nSPS) is 13.4. The summed E-state index contributed by atoms with van der Waals surface area (Å²) in [7, 11) is -8.27. The number of benzene rings is 3. The predicted octanol–water partition coefficient (Wildman–Crippen LogP) is 5.25. The van der Waals surface area contributed by atoms with E-state index in [1.54, 1.807) is 62.4 Å². The van der Waals surface area contributed by atoms with Gasteiger partial charge < -0.3 is 9.26 Å². The van der Waals surface area contributed by atoms with Gasteiger partial charge >= 0.3 is 5.97 Å². The molecule has 0 saturated carbocycles. The van der Waals surface area contributed by atoms with Crippen LogP contribution in [-0.4, -0.2) is 31.6 Å². The summed E-state index contributed by atoms with van der Waals surface area (Å²) in [5.74, 6) is -0.893. The number of hydrogen-bond acceptors (Lipinski definition) is 6. The van der Waals surface area contributed by atoms with Crippen molar-refractivity contribution in [3.05, 3.63) is 89.1 Å². The Kier molecular flexibility index (Phi) is 7.47. The molecule has 194 valence electrons. The Balaban J connectivity index is 2.24. The molecule has 7 nitrogen and oxygen atoms in total. The van der Waals surface area contributed by atoms with E-state index in [2.05, 4.69) is 0 Å². The highest BCUT2D eigenvalue weighted by Gasteiger charge is 2.42. The van der Waals surface area contributed by atoms with E-state index < -0.39 is 23.4 Å². The molecule has 4 aromatic rings. The Bertz CT molecular complexity index is 1620. The van der Waals surface area contributed by atoms with Gasteiger partial charge in [-0.05, 0) is 71.0 Å². The molecule has 1 heterocycles. The lowest BCUT2D eigenvalue weighted by atomic mass is 10.2. The first-order valence-electron chi connectivity index (χ1n) is 12.0. The summed E-state index contributed by atoms with van der Waals surface area (Å²) in [6.45, 7) is 9.04. The standard InChI is InChI=1S/C28H30NO6PS/c1-6-34-28(30)26-27(36(31,35-7-2)22-16-20(4)15-21(5)17-22)24-18-19(3)13-14-25(24)29(26)37(32,33)23-11-9-8-10-12-23/h8-18H,6-7H2,1-5H3. The quantitative estimate of drug-likeness (QED) is 0.225. The van der Waals surface area contributed by atoms with Gasteiger partial charge in [0, 0.05) is 10.7 Å². The molecule has 3 aromatic carbocycles. The molecular formula is C28H30NO6PS.